The topological polar surface area (TPSA) is 61.0 Å². The molecule has 0 saturated carbocycles. The molecule has 0 unspecified atom stereocenters. The van der Waals surface area contributed by atoms with Gasteiger partial charge in [0.15, 0.2) is 0 Å². The van der Waals surface area contributed by atoms with E-state index in [9.17, 15) is 4.79 Å². The van der Waals surface area contributed by atoms with Gasteiger partial charge in [0.2, 0.25) is 0 Å². The van der Waals surface area contributed by atoms with Gasteiger partial charge >= 0.3 is 11.9 Å². The van der Waals surface area contributed by atoms with E-state index >= 15 is 0 Å². The molecule has 0 spiro atoms. The average molecular weight is 153 g/mol. The Balaban J connectivity index is 4.38. The lowest BCUT2D eigenvalue weighted by Gasteiger charge is -1.93. The quantitative estimate of drug-likeness (QED) is 0.350. The van der Waals surface area contributed by atoms with E-state index in [1.807, 2.05) is 0 Å². The van der Waals surface area contributed by atoms with Gasteiger partial charge in [-0.25, -0.2) is 4.79 Å². The Morgan fingerprint density at radius 3 is 2.36 bits per heavy atom. The van der Waals surface area contributed by atoms with Crippen LogP contribution in [0.1, 0.15) is 0 Å². The van der Waals surface area contributed by atoms with Gasteiger partial charge in [-0.15, -0.1) is 5.73 Å². The predicted molar refractivity (Wildman–Crippen MR) is 39.8 cm³/mol. The van der Waals surface area contributed by atoms with Crippen LogP contribution in [0.15, 0.2) is 12.7 Å². The van der Waals surface area contributed by atoms with Crippen LogP contribution in [0.4, 0.5) is 0 Å². The summed E-state index contributed by atoms with van der Waals surface area (Å²) in [7, 11) is 0. The Bertz CT molecular complexity index is 244. The normalized spacial score (nSPS) is 9.00. The number of nitrogens with two attached hydrogens (primary N) is 1. The van der Waals surface area contributed by atoms with E-state index < -0.39 is 11.9 Å². The van der Waals surface area contributed by atoms with Crippen LogP contribution >= 0.6 is 0 Å². The number of hydrogen-bond donors (Lipinski definition) is 1. The van der Waals surface area contributed by atoms with Crippen molar-refractivity contribution in [2.75, 3.05) is 0 Å². The van der Waals surface area contributed by atoms with E-state index in [1.54, 1.807) is 0 Å². The van der Waals surface area contributed by atoms with Gasteiger partial charge in [0.05, 0.1) is 9.69 Å². The van der Waals surface area contributed by atoms with Crippen molar-refractivity contribution < 1.29 is 9.53 Å². The molecule has 11 heavy (non-hydrogen) atoms. The van der Waals surface area contributed by atoms with Crippen LogP contribution in [-0.2, 0) is 9.53 Å². The van der Waals surface area contributed by atoms with Gasteiger partial charge in [-0.3, -0.25) is 4.74 Å². The van der Waals surface area contributed by atoms with Gasteiger partial charge in [-0.2, -0.15) is 0 Å². The van der Waals surface area contributed by atoms with Crippen molar-refractivity contribution in [3.05, 3.63) is 22.3 Å². The third-order valence-corrected chi connectivity index (χ3v) is 0.787. The van der Waals surface area contributed by atoms with E-state index in [0.717, 1.165) is 6.08 Å². The van der Waals surface area contributed by atoms with Crippen molar-refractivity contribution in [2.45, 2.75) is 5.97 Å². The van der Waals surface area contributed by atoms with Gasteiger partial charge in [0.1, 0.15) is 0 Å². The molecule has 0 amide bonds. The summed E-state index contributed by atoms with van der Waals surface area (Å²) < 4.78 is 4.32. The molecule has 0 aliphatic carbocycles. The molecular formula is C6H7N3O2+2. The fraction of sp³-hybridized carbons (Fsp3) is 0.167. The number of nitrogens with zero attached hydrogens (tertiary/aromatic N) is 2. The maximum atomic E-state index is 10.5. The number of rotatable bonds is 2. The second kappa shape index (κ2) is 3.35. The molecule has 0 aromatic rings. The van der Waals surface area contributed by atoms with Crippen molar-refractivity contribution in [1.29, 1.82) is 0 Å². The molecule has 5 nitrogen and oxygen atoms in total. The molecule has 0 radical (unpaired) electrons. The van der Waals surface area contributed by atoms with Crippen molar-refractivity contribution in [1.82, 2.24) is 0 Å². The lowest BCUT2D eigenvalue weighted by atomic mass is 10.6. The van der Waals surface area contributed by atoms with Crippen molar-refractivity contribution in [3.63, 3.8) is 0 Å². The standard InChI is InChI=1S/C6H7N3O2/c1-4-5(10)11-6(7,8-2)9-3/h2-4H,1,7H2/q+2. The van der Waals surface area contributed by atoms with E-state index in [0.29, 0.717) is 0 Å². The zero-order valence-corrected chi connectivity index (χ0v) is 5.73. The largest absolute Gasteiger partial charge is 0.810 e. The van der Waals surface area contributed by atoms with Crippen LogP contribution in [0.5, 0.6) is 0 Å². The number of esters is 1. The highest BCUT2D eigenvalue weighted by Gasteiger charge is 2.52. The average Bonchev–Trinajstić information content (AvgIpc) is 2.04. The minimum Gasteiger partial charge on any atom is -0.298 e. The second-order valence-electron chi connectivity index (χ2n) is 1.54. The third-order valence-electron chi connectivity index (χ3n) is 0.787. The zero-order valence-electron chi connectivity index (χ0n) is 5.73. The summed E-state index contributed by atoms with van der Waals surface area (Å²) in [4.78, 5) is 16.3. The lowest BCUT2D eigenvalue weighted by molar-refractivity contribution is -0.145. The van der Waals surface area contributed by atoms with Crippen LogP contribution in [0.25, 0.3) is 9.69 Å². The Morgan fingerprint density at radius 1 is 1.64 bits per heavy atom. The highest BCUT2D eigenvalue weighted by molar-refractivity contribution is 5.81. The SMILES string of the molecule is C#[N+]C(N)([N+]#C)OC(=O)C=C. The first-order chi connectivity index (χ1) is 5.08. The Kier molecular flexibility index (Phi) is 2.79. The van der Waals surface area contributed by atoms with Gasteiger partial charge in [0.25, 0.3) is 13.1 Å². The molecule has 0 aromatic carbocycles. The summed E-state index contributed by atoms with van der Waals surface area (Å²) in [5.74, 6) is -2.82. The van der Waals surface area contributed by atoms with Crippen molar-refractivity contribution >= 4 is 5.97 Å². The Morgan fingerprint density at radius 2 is 2.09 bits per heavy atom. The zero-order chi connectivity index (χ0) is 8.91. The number of carbonyl (C=O) groups excluding carboxylic acids is 1. The monoisotopic (exact) mass is 153 g/mol. The predicted octanol–water partition coefficient (Wildman–Crippen LogP) is 0.211. The first-order valence-corrected chi connectivity index (χ1v) is 2.56. The smallest absolute Gasteiger partial charge is 0.298 e. The fourth-order valence-electron chi connectivity index (χ4n) is 0.276. The molecule has 0 aliphatic rings. The van der Waals surface area contributed by atoms with E-state index in [2.05, 4.69) is 21.0 Å². The molecule has 0 atom stereocenters. The molecule has 0 aromatic heterocycles. The van der Waals surface area contributed by atoms with Crippen LogP contribution in [0.3, 0.4) is 0 Å². The molecule has 0 bridgehead atoms. The van der Waals surface area contributed by atoms with Crippen molar-refractivity contribution in [3.8, 4) is 13.1 Å². The first kappa shape index (κ1) is 9.15. The van der Waals surface area contributed by atoms with Crippen molar-refractivity contribution in [2.24, 2.45) is 5.73 Å². The van der Waals surface area contributed by atoms with E-state index in [-0.39, 0.29) is 0 Å². The van der Waals surface area contributed by atoms with Gasteiger partial charge in [-0.05, 0) is 0 Å². The minimum absolute atomic E-state index is 0.809. The fourth-order valence-corrected chi connectivity index (χ4v) is 0.276. The molecule has 0 fully saturated rings. The van der Waals surface area contributed by atoms with Crippen LogP contribution in [-0.4, -0.2) is 11.9 Å². The van der Waals surface area contributed by atoms with Gasteiger partial charge < -0.3 is 0 Å². The molecule has 56 valence electrons. The summed E-state index contributed by atoms with van der Waals surface area (Å²) >= 11 is 0. The van der Waals surface area contributed by atoms with E-state index in [1.165, 1.54) is 0 Å². The molecule has 0 saturated heterocycles. The summed E-state index contributed by atoms with van der Waals surface area (Å²) in [6.45, 7) is 12.6. The second-order valence-corrected chi connectivity index (χ2v) is 1.54. The number of carbonyl (C=O) groups is 1. The summed E-state index contributed by atoms with van der Waals surface area (Å²) in [6.07, 6.45) is 0.887. The van der Waals surface area contributed by atoms with Crippen LogP contribution < -0.4 is 5.73 Å². The maximum absolute atomic E-state index is 10.5. The molecule has 5 heteroatoms. The lowest BCUT2D eigenvalue weighted by Crippen LogP contribution is -2.37. The van der Waals surface area contributed by atoms with E-state index in [4.69, 9.17) is 18.9 Å². The van der Waals surface area contributed by atoms with Gasteiger partial charge in [-0.1, -0.05) is 6.58 Å². The number of ether oxygens (including phenoxy) is 1. The first-order valence-electron chi connectivity index (χ1n) is 2.56. The van der Waals surface area contributed by atoms with Gasteiger partial charge in [0, 0.05) is 6.08 Å². The van der Waals surface area contributed by atoms with Crippen LogP contribution in [0.2, 0.25) is 0 Å². The molecule has 0 heterocycles. The third kappa shape index (κ3) is 2.48. The Labute approximate surface area is 63.7 Å². The maximum Gasteiger partial charge on any atom is 0.810 e. The Hall–Kier alpha value is -1.85. The molecule has 2 N–H and O–H groups in total. The summed E-state index contributed by atoms with van der Waals surface area (Å²) in [6, 6.07) is 0. The summed E-state index contributed by atoms with van der Waals surface area (Å²) in [5.41, 5.74) is 5.10. The molecule has 0 aliphatic heterocycles. The van der Waals surface area contributed by atoms with Crippen LogP contribution in [0, 0.1) is 13.1 Å². The number of hydrogen-bond acceptors (Lipinski definition) is 3. The highest BCUT2D eigenvalue weighted by Crippen LogP contribution is 2.06. The summed E-state index contributed by atoms with van der Waals surface area (Å²) in [5, 5.41) is 0. The highest BCUT2D eigenvalue weighted by atomic mass is 16.6. The molecular weight excluding hydrogens is 146 g/mol. The minimum atomic E-state index is -2.01. The molecule has 0 rings (SSSR count).